The highest BCUT2D eigenvalue weighted by Crippen LogP contribution is 2.17. The van der Waals surface area contributed by atoms with E-state index < -0.39 is 0 Å². The summed E-state index contributed by atoms with van der Waals surface area (Å²) in [5, 5.41) is 8.74. The lowest BCUT2D eigenvalue weighted by molar-refractivity contribution is 0.0934. The van der Waals surface area contributed by atoms with Crippen LogP contribution in [0.1, 0.15) is 41.1 Å². The molecule has 20 heavy (non-hydrogen) atoms. The fraction of sp³-hybridized carbons (Fsp3) is 0.385. The highest BCUT2D eigenvalue weighted by atomic mass is 32.1. The molecule has 7 heteroatoms. The lowest BCUT2D eigenvalue weighted by Crippen LogP contribution is -2.27. The van der Waals surface area contributed by atoms with Crippen molar-refractivity contribution in [2.75, 3.05) is 11.9 Å². The summed E-state index contributed by atoms with van der Waals surface area (Å²) >= 11 is 1.53. The third kappa shape index (κ3) is 3.51. The van der Waals surface area contributed by atoms with Crippen molar-refractivity contribution in [3.63, 3.8) is 0 Å². The standard InChI is InChI=1S/C13H17N5OS/c1-4-14-11-6-15-10(5-16-11)12(19)18-9(3)13-17-8(2)7-20-13/h5-7,9H,4H2,1-3H3,(H,14,16)(H,18,19). The van der Waals surface area contributed by atoms with Crippen molar-refractivity contribution in [2.24, 2.45) is 0 Å². The Kier molecular flexibility index (Phi) is 4.62. The maximum absolute atomic E-state index is 12.0. The Morgan fingerprint density at radius 1 is 1.40 bits per heavy atom. The zero-order valence-electron chi connectivity index (χ0n) is 11.7. The molecule has 2 N–H and O–H groups in total. The molecule has 2 aromatic rings. The fourth-order valence-electron chi connectivity index (χ4n) is 1.62. The van der Waals surface area contributed by atoms with Gasteiger partial charge < -0.3 is 10.6 Å². The first-order valence-electron chi connectivity index (χ1n) is 6.39. The van der Waals surface area contributed by atoms with E-state index in [9.17, 15) is 4.79 Å². The van der Waals surface area contributed by atoms with Gasteiger partial charge in [0.25, 0.3) is 5.91 Å². The van der Waals surface area contributed by atoms with Crippen molar-refractivity contribution in [3.05, 3.63) is 34.2 Å². The van der Waals surface area contributed by atoms with Gasteiger partial charge in [0, 0.05) is 17.6 Å². The molecule has 2 aromatic heterocycles. The van der Waals surface area contributed by atoms with Gasteiger partial charge in [0.1, 0.15) is 16.5 Å². The van der Waals surface area contributed by atoms with E-state index in [2.05, 4.69) is 25.6 Å². The smallest absolute Gasteiger partial charge is 0.272 e. The van der Waals surface area contributed by atoms with Gasteiger partial charge in [-0.15, -0.1) is 11.3 Å². The van der Waals surface area contributed by atoms with Gasteiger partial charge in [0.15, 0.2) is 0 Å². The molecule has 2 heterocycles. The minimum absolute atomic E-state index is 0.142. The SMILES string of the molecule is CCNc1cnc(C(=O)NC(C)c2nc(C)cs2)cn1. The summed E-state index contributed by atoms with van der Waals surface area (Å²) in [6, 6.07) is -0.142. The Morgan fingerprint density at radius 2 is 2.20 bits per heavy atom. The molecule has 0 aliphatic rings. The summed E-state index contributed by atoms with van der Waals surface area (Å²) < 4.78 is 0. The summed E-state index contributed by atoms with van der Waals surface area (Å²) in [5.41, 5.74) is 1.26. The van der Waals surface area contributed by atoms with Gasteiger partial charge >= 0.3 is 0 Å². The summed E-state index contributed by atoms with van der Waals surface area (Å²) in [7, 11) is 0. The first kappa shape index (κ1) is 14.4. The highest BCUT2D eigenvalue weighted by molar-refractivity contribution is 7.09. The average molecular weight is 291 g/mol. The van der Waals surface area contributed by atoms with Crippen molar-refractivity contribution in [1.29, 1.82) is 0 Å². The van der Waals surface area contributed by atoms with Crippen molar-refractivity contribution >= 4 is 23.1 Å². The van der Waals surface area contributed by atoms with E-state index in [1.54, 1.807) is 6.20 Å². The molecular formula is C13H17N5OS. The Bertz CT molecular complexity index is 581. The number of hydrogen-bond donors (Lipinski definition) is 2. The fourth-order valence-corrected chi connectivity index (χ4v) is 2.42. The minimum atomic E-state index is -0.249. The van der Waals surface area contributed by atoms with Crippen LogP contribution in [0.2, 0.25) is 0 Å². The molecule has 1 atom stereocenters. The van der Waals surface area contributed by atoms with E-state index in [4.69, 9.17) is 0 Å². The van der Waals surface area contributed by atoms with E-state index in [0.29, 0.717) is 11.5 Å². The van der Waals surface area contributed by atoms with Crippen LogP contribution in [-0.2, 0) is 0 Å². The number of aromatic nitrogens is 3. The van der Waals surface area contributed by atoms with Gasteiger partial charge in [0.2, 0.25) is 0 Å². The number of carbonyl (C=O) groups excluding carboxylic acids is 1. The molecule has 2 rings (SSSR count). The van der Waals surface area contributed by atoms with Gasteiger partial charge in [-0.1, -0.05) is 0 Å². The molecule has 0 fully saturated rings. The van der Waals surface area contributed by atoms with Gasteiger partial charge in [-0.05, 0) is 20.8 Å². The second kappa shape index (κ2) is 6.42. The number of anilines is 1. The number of aryl methyl sites for hydroxylation is 1. The average Bonchev–Trinajstić information content (AvgIpc) is 2.86. The Hall–Kier alpha value is -2.02. The summed E-state index contributed by atoms with van der Waals surface area (Å²) in [6.45, 7) is 6.57. The van der Waals surface area contributed by atoms with Crippen molar-refractivity contribution in [1.82, 2.24) is 20.3 Å². The Labute approximate surface area is 121 Å². The second-order valence-electron chi connectivity index (χ2n) is 4.34. The number of carbonyl (C=O) groups is 1. The van der Waals surface area contributed by atoms with E-state index in [1.807, 2.05) is 26.2 Å². The van der Waals surface area contributed by atoms with E-state index in [-0.39, 0.29) is 11.9 Å². The zero-order chi connectivity index (χ0) is 14.5. The molecule has 106 valence electrons. The first-order chi connectivity index (χ1) is 9.60. The van der Waals surface area contributed by atoms with Gasteiger partial charge in [-0.25, -0.2) is 15.0 Å². The molecule has 0 spiro atoms. The highest BCUT2D eigenvalue weighted by Gasteiger charge is 2.15. The maximum atomic E-state index is 12.0. The number of rotatable bonds is 5. The molecule has 0 aliphatic heterocycles. The molecule has 0 aliphatic carbocycles. The van der Waals surface area contributed by atoms with Crippen LogP contribution in [0, 0.1) is 6.92 Å². The van der Waals surface area contributed by atoms with E-state index >= 15 is 0 Å². The van der Waals surface area contributed by atoms with Crippen LogP contribution >= 0.6 is 11.3 Å². The lowest BCUT2D eigenvalue weighted by Gasteiger charge is -2.10. The maximum Gasteiger partial charge on any atom is 0.272 e. The van der Waals surface area contributed by atoms with Crippen LogP contribution in [0.4, 0.5) is 5.82 Å². The Balaban J connectivity index is 2.00. The van der Waals surface area contributed by atoms with Gasteiger partial charge in [0.05, 0.1) is 18.4 Å². The molecule has 0 bridgehead atoms. The van der Waals surface area contributed by atoms with Crippen LogP contribution < -0.4 is 10.6 Å². The van der Waals surface area contributed by atoms with Crippen LogP contribution in [0.15, 0.2) is 17.8 Å². The normalized spacial score (nSPS) is 11.9. The van der Waals surface area contributed by atoms with Gasteiger partial charge in [-0.2, -0.15) is 0 Å². The predicted octanol–water partition coefficient (Wildman–Crippen LogP) is 2.16. The third-order valence-corrected chi connectivity index (χ3v) is 3.74. The quantitative estimate of drug-likeness (QED) is 0.882. The number of thiazole rings is 1. The number of nitrogens with one attached hydrogen (secondary N) is 2. The molecule has 1 amide bonds. The number of hydrogen-bond acceptors (Lipinski definition) is 6. The molecule has 1 unspecified atom stereocenters. The summed E-state index contributed by atoms with van der Waals surface area (Å²) in [4.78, 5) is 24.6. The van der Waals surface area contributed by atoms with Crippen LogP contribution in [0.25, 0.3) is 0 Å². The lowest BCUT2D eigenvalue weighted by atomic mass is 10.3. The van der Waals surface area contributed by atoms with Gasteiger partial charge in [-0.3, -0.25) is 4.79 Å². The molecular weight excluding hydrogens is 274 g/mol. The largest absolute Gasteiger partial charge is 0.369 e. The molecule has 0 aromatic carbocycles. The minimum Gasteiger partial charge on any atom is -0.369 e. The van der Waals surface area contributed by atoms with Crippen molar-refractivity contribution in [2.45, 2.75) is 26.8 Å². The first-order valence-corrected chi connectivity index (χ1v) is 7.27. The number of amides is 1. The predicted molar refractivity (Wildman–Crippen MR) is 78.9 cm³/mol. The summed E-state index contributed by atoms with van der Waals surface area (Å²) in [6.07, 6.45) is 3.02. The monoisotopic (exact) mass is 291 g/mol. The molecule has 6 nitrogen and oxygen atoms in total. The van der Waals surface area contributed by atoms with Crippen LogP contribution in [0.3, 0.4) is 0 Å². The van der Waals surface area contributed by atoms with E-state index in [1.165, 1.54) is 17.5 Å². The molecule has 0 saturated carbocycles. The topological polar surface area (TPSA) is 79.8 Å². The summed E-state index contributed by atoms with van der Waals surface area (Å²) in [5.74, 6) is 0.411. The number of nitrogens with zero attached hydrogens (tertiary/aromatic N) is 3. The second-order valence-corrected chi connectivity index (χ2v) is 5.23. The van der Waals surface area contributed by atoms with Crippen molar-refractivity contribution in [3.8, 4) is 0 Å². The zero-order valence-corrected chi connectivity index (χ0v) is 12.5. The van der Waals surface area contributed by atoms with Crippen molar-refractivity contribution < 1.29 is 4.79 Å². The third-order valence-electron chi connectivity index (χ3n) is 2.60. The van der Waals surface area contributed by atoms with Crippen LogP contribution in [-0.4, -0.2) is 27.4 Å². The Morgan fingerprint density at radius 3 is 2.75 bits per heavy atom. The molecule has 0 saturated heterocycles. The van der Waals surface area contributed by atoms with E-state index in [0.717, 1.165) is 17.2 Å². The molecule has 0 radical (unpaired) electrons. The van der Waals surface area contributed by atoms with Crippen LogP contribution in [0.5, 0.6) is 0 Å².